The number of hydrogen-bond acceptors (Lipinski definition) is 8. The highest BCUT2D eigenvalue weighted by atomic mass is 35.5. The highest BCUT2D eigenvalue weighted by Crippen LogP contribution is 2.55. The lowest BCUT2D eigenvalue weighted by Crippen LogP contribution is -2.59. The van der Waals surface area contributed by atoms with Gasteiger partial charge in [0.05, 0.1) is 14.2 Å². The topological polar surface area (TPSA) is 137 Å². The fourth-order valence-electron chi connectivity index (χ4n) is 5.42. The summed E-state index contributed by atoms with van der Waals surface area (Å²) in [6, 6.07) is 7.95. The summed E-state index contributed by atoms with van der Waals surface area (Å²) in [5.74, 6) is -3.03. The van der Waals surface area contributed by atoms with Gasteiger partial charge in [-0.3, -0.25) is 14.4 Å². The molecule has 2 aromatic carbocycles. The van der Waals surface area contributed by atoms with Gasteiger partial charge in [-0.15, -0.1) is 0 Å². The average Bonchev–Trinajstić information content (AvgIpc) is 3.21. The zero-order chi connectivity index (χ0) is 27.4. The summed E-state index contributed by atoms with van der Waals surface area (Å²) < 4.78 is 22.1. The number of ketones is 2. The van der Waals surface area contributed by atoms with Gasteiger partial charge in [0, 0.05) is 35.6 Å². The number of aliphatic carboxylic acids is 1. The van der Waals surface area contributed by atoms with Crippen molar-refractivity contribution in [1.29, 1.82) is 0 Å². The molecule has 1 aliphatic carbocycles. The van der Waals surface area contributed by atoms with Crippen molar-refractivity contribution in [2.24, 2.45) is 5.92 Å². The minimum absolute atomic E-state index is 0.0217. The number of carbonyl (C=O) groups is 4. The van der Waals surface area contributed by atoms with Crippen LogP contribution in [0.5, 0.6) is 23.0 Å². The van der Waals surface area contributed by atoms with Crippen LogP contribution in [0.1, 0.15) is 41.6 Å². The van der Waals surface area contributed by atoms with Crippen molar-refractivity contribution in [2.45, 2.75) is 31.3 Å². The van der Waals surface area contributed by atoms with Crippen LogP contribution in [-0.4, -0.2) is 55.0 Å². The number of allylic oxidation sites excluding steroid dienone is 1. The number of benzene rings is 2. The van der Waals surface area contributed by atoms with E-state index in [0.29, 0.717) is 17.0 Å². The molecule has 10 nitrogen and oxygen atoms in total. The molecule has 0 radical (unpaired) electrons. The number of rotatable bonds is 6. The van der Waals surface area contributed by atoms with E-state index in [4.69, 9.17) is 35.7 Å². The van der Waals surface area contributed by atoms with Crippen molar-refractivity contribution in [3.63, 3.8) is 0 Å². The van der Waals surface area contributed by atoms with Gasteiger partial charge in [-0.25, -0.2) is 4.79 Å². The largest absolute Gasteiger partial charge is 0.496 e. The average molecular weight is 542 g/mol. The van der Waals surface area contributed by atoms with E-state index in [1.807, 2.05) is 0 Å². The molecule has 198 valence electrons. The van der Waals surface area contributed by atoms with Crippen molar-refractivity contribution < 1.29 is 43.2 Å². The molecule has 0 saturated carbocycles. The zero-order valence-corrected chi connectivity index (χ0v) is 21.5. The van der Waals surface area contributed by atoms with Gasteiger partial charge in [0.1, 0.15) is 27.8 Å². The van der Waals surface area contributed by atoms with Gasteiger partial charge >= 0.3 is 5.97 Å². The van der Waals surface area contributed by atoms with E-state index in [2.05, 4.69) is 5.32 Å². The Balaban J connectivity index is 1.57. The van der Waals surface area contributed by atoms with Gasteiger partial charge < -0.3 is 29.4 Å². The molecule has 0 fully saturated rings. The minimum atomic E-state index is -1.89. The van der Waals surface area contributed by atoms with E-state index in [-0.39, 0.29) is 52.2 Å². The Morgan fingerprint density at radius 2 is 1.79 bits per heavy atom. The predicted octanol–water partition coefficient (Wildman–Crippen LogP) is 3.30. The number of hydrogen-bond donors (Lipinski definition) is 2. The number of carboxylic acids is 1. The molecule has 0 bridgehead atoms. The number of fused-ring (bicyclic) bond motifs is 1. The van der Waals surface area contributed by atoms with Crippen molar-refractivity contribution in [3.05, 3.63) is 57.8 Å². The van der Waals surface area contributed by atoms with Gasteiger partial charge in [0.15, 0.2) is 12.4 Å². The lowest BCUT2D eigenvalue weighted by atomic mass is 9.66. The summed E-state index contributed by atoms with van der Waals surface area (Å²) in [7, 11) is 2.81. The van der Waals surface area contributed by atoms with E-state index in [1.54, 1.807) is 31.2 Å². The van der Waals surface area contributed by atoms with Crippen LogP contribution in [0.4, 0.5) is 0 Å². The zero-order valence-electron chi connectivity index (χ0n) is 20.8. The summed E-state index contributed by atoms with van der Waals surface area (Å²) >= 11 is 6.50. The predicted molar refractivity (Wildman–Crippen MR) is 133 cm³/mol. The number of carboxylic acid groups (broad SMARTS) is 1. The second-order valence-corrected chi connectivity index (χ2v) is 9.73. The first-order valence-electron chi connectivity index (χ1n) is 11.8. The standard InChI is InChI=1S/C27H24ClNO9/c1-12-8-16-21(15(9-19(30)29-16)13-4-6-14(7-5-13)37-11-20(31)32)25(33)27(12)26(34)22-17(35-2)10-18(36-3)23(28)24(22)38-27/h4-7,10,12,15H,8-9,11H2,1-3H3,(H,29,30)(H,31,32)/t12-,15+,27+/m1/s1. The summed E-state index contributed by atoms with van der Waals surface area (Å²) in [4.78, 5) is 51.7. The number of amides is 1. The van der Waals surface area contributed by atoms with Crippen LogP contribution < -0.4 is 24.3 Å². The summed E-state index contributed by atoms with van der Waals surface area (Å²) in [6.45, 7) is 1.21. The quantitative estimate of drug-likeness (QED) is 0.527. The molecule has 5 rings (SSSR count). The molecular weight excluding hydrogens is 518 g/mol. The molecule has 2 aliphatic heterocycles. The number of halogens is 1. The van der Waals surface area contributed by atoms with E-state index < -0.39 is 41.6 Å². The van der Waals surface area contributed by atoms with Crippen LogP contribution in [0.15, 0.2) is 41.6 Å². The van der Waals surface area contributed by atoms with Crippen LogP contribution in [0.25, 0.3) is 0 Å². The number of nitrogens with one attached hydrogen (secondary N) is 1. The minimum Gasteiger partial charge on any atom is -0.496 e. The van der Waals surface area contributed by atoms with Crippen molar-refractivity contribution >= 4 is 35.0 Å². The van der Waals surface area contributed by atoms with E-state index in [9.17, 15) is 19.2 Å². The van der Waals surface area contributed by atoms with Crippen LogP contribution in [0, 0.1) is 5.92 Å². The number of Topliss-reactive ketones (excluding diaryl/α,β-unsaturated/α-hetero) is 2. The van der Waals surface area contributed by atoms with Gasteiger partial charge in [-0.05, 0) is 24.1 Å². The maximum Gasteiger partial charge on any atom is 0.341 e. The van der Waals surface area contributed by atoms with Gasteiger partial charge in [-0.1, -0.05) is 30.7 Å². The Kier molecular flexibility index (Phi) is 6.30. The summed E-state index contributed by atoms with van der Waals surface area (Å²) in [5, 5.41) is 11.7. The molecule has 2 heterocycles. The maximum atomic E-state index is 14.3. The SMILES string of the molecule is COc1cc(OC)c2c(c1Cl)O[C@@]1(C(=O)C3=C(C[C@H]1C)NC(=O)C[C@H]3c1ccc(OCC(=O)O)cc1)C2=O. The second-order valence-electron chi connectivity index (χ2n) is 9.35. The molecule has 38 heavy (non-hydrogen) atoms. The fraction of sp³-hybridized carbons (Fsp3) is 0.333. The monoisotopic (exact) mass is 541 g/mol. The lowest BCUT2D eigenvalue weighted by Gasteiger charge is -2.41. The number of methoxy groups -OCH3 is 2. The molecule has 0 unspecified atom stereocenters. The highest BCUT2D eigenvalue weighted by Gasteiger charge is 2.63. The molecule has 0 saturated heterocycles. The first kappa shape index (κ1) is 25.6. The molecule has 3 aliphatic rings. The Morgan fingerprint density at radius 1 is 1.11 bits per heavy atom. The Hall–Kier alpha value is -4.05. The van der Waals surface area contributed by atoms with Crippen LogP contribution in [-0.2, 0) is 14.4 Å². The smallest absolute Gasteiger partial charge is 0.341 e. The normalized spacial score (nSPS) is 23.9. The first-order valence-corrected chi connectivity index (χ1v) is 12.2. The number of carbonyl (C=O) groups excluding carboxylic acids is 3. The number of ether oxygens (including phenoxy) is 4. The van der Waals surface area contributed by atoms with Crippen molar-refractivity contribution in [1.82, 2.24) is 5.32 Å². The summed E-state index contributed by atoms with van der Waals surface area (Å²) in [5.41, 5.74) is -0.462. The Labute approximate surface area is 222 Å². The van der Waals surface area contributed by atoms with Gasteiger partial charge in [0.25, 0.3) is 0 Å². The van der Waals surface area contributed by atoms with Crippen LogP contribution >= 0.6 is 11.6 Å². The fourth-order valence-corrected chi connectivity index (χ4v) is 5.68. The molecule has 0 aromatic heterocycles. The molecule has 1 spiro atoms. The van der Waals surface area contributed by atoms with Crippen LogP contribution in [0.2, 0.25) is 5.02 Å². The highest BCUT2D eigenvalue weighted by molar-refractivity contribution is 6.36. The first-order chi connectivity index (χ1) is 18.1. The van der Waals surface area contributed by atoms with Crippen molar-refractivity contribution in [3.8, 4) is 23.0 Å². The lowest BCUT2D eigenvalue weighted by molar-refractivity contribution is -0.139. The molecule has 1 amide bonds. The second kappa shape index (κ2) is 9.36. The molecular formula is C27H24ClNO9. The Morgan fingerprint density at radius 3 is 2.42 bits per heavy atom. The molecule has 3 atom stereocenters. The van der Waals surface area contributed by atoms with Gasteiger partial charge in [0.2, 0.25) is 23.1 Å². The molecule has 2 N–H and O–H groups in total. The van der Waals surface area contributed by atoms with Gasteiger partial charge in [-0.2, -0.15) is 0 Å². The van der Waals surface area contributed by atoms with E-state index in [1.165, 1.54) is 20.3 Å². The maximum absolute atomic E-state index is 14.3. The van der Waals surface area contributed by atoms with Crippen LogP contribution in [0.3, 0.4) is 0 Å². The molecule has 11 heteroatoms. The third-order valence-electron chi connectivity index (χ3n) is 7.20. The third kappa shape index (κ3) is 3.78. The van der Waals surface area contributed by atoms with E-state index in [0.717, 1.165) is 0 Å². The molecule has 2 aromatic rings. The van der Waals surface area contributed by atoms with E-state index >= 15 is 0 Å². The van der Waals surface area contributed by atoms with Crippen molar-refractivity contribution in [2.75, 3.05) is 20.8 Å². The Bertz CT molecular complexity index is 1410. The third-order valence-corrected chi connectivity index (χ3v) is 7.56. The summed E-state index contributed by atoms with van der Waals surface area (Å²) in [6.07, 6.45) is 0.184.